The van der Waals surface area contributed by atoms with Crippen LogP contribution in [0.4, 0.5) is 14.6 Å². The van der Waals surface area contributed by atoms with Crippen LogP contribution in [-0.2, 0) is 0 Å². The van der Waals surface area contributed by atoms with Crippen LogP contribution in [0, 0.1) is 0 Å². The van der Waals surface area contributed by atoms with Gasteiger partial charge in [-0.15, -0.1) is 0 Å². The number of nitrogen functional groups attached to an aromatic ring is 1. The number of piperidine rings is 1. The first-order chi connectivity index (χ1) is 16.4. The molecule has 1 aliphatic carbocycles. The van der Waals surface area contributed by atoms with Crippen LogP contribution < -0.4 is 15.8 Å². The zero-order valence-electron chi connectivity index (χ0n) is 18.9. The van der Waals surface area contributed by atoms with Gasteiger partial charge in [0.25, 0.3) is 5.92 Å². The fourth-order valence-corrected chi connectivity index (χ4v) is 4.02. The van der Waals surface area contributed by atoms with Gasteiger partial charge < -0.3 is 15.8 Å². The van der Waals surface area contributed by atoms with Crippen LogP contribution in [-0.4, -0.2) is 50.3 Å². The SMILES string of the molecule is COc1cc2ncc(-c3cccc(N)n3)n2cc1-c1cnn(C2CC2)c1.FC1(F)CCCNC1. The normalized spacial score (nSPS) is 17.3. The molecule has 10 heteroatoms. The van der Waals surface area contributed by atoms with Gasteiger partial charge in [-0.25, -0.2) is 18.7 Å². The number of nitrogens with two attached hydrogens (primary N) is 1. The molecule has 4 aromatic rings. The topological polar surface area (TPSA) is 95.3 Å². The van der Waals surface area contributed by atoms with Crippen LogP contribution in [0.15, 0.2) is 49.1 Å². The molecule has 6 rings (SSSR count). The number of fused-ring (bicyclic) bond motifs is 1. The molecule has 0 atom stereocenters. The zero-order valence-corrected chi connectivity index (χ0v) is 18.9. The number of pyridine rings is 2. The lowest BCUT2D eigenvalue weighted by Gasteiger charge is -2.21. The number of ether oxygens (including phenoxy) is 1. The molecule has 0 bridgehead atoms. The minimum absolute atomic E-state index is 0.0556. The molecule has 34 heavy (non-hydrogen) atoms. The molecular weight excluding hydrogens is 440 g/mol. The number of aromatic nitrogens is 5. The minimum atomic E-state index is -2.43. The average molecular weight is 468 g/mol. The molecule has 0 radical (unpaired) electrons. The molecule has 178 valence electrons. The standard InChI is InChI=1S/C19H18N6O.C5H9F2N/c1-26-17-7-19-21-9-16(15-3-2-4-18(20)23-15)24(19)11-14(17)12-8-22-25(10-12)13-5-6-13;6-5(7)2-1-3-8-4-5/h2-4,7-11,13H,5-6H2,1H3,(H2,20,23);8H,1-4H2. The molecular formula is C24H27F2N7O. The third-order valence-electron chi connectivity index (χ3n) is 5.98. The van der Waals surface area contributed by atoms with Crippen LogP contribution in [0.1, 0.15) is 31.7 Å². The molecule has 1 saturated heterocycles. The Balaban J connectivity index is 0.000000257. The van der Waals surface area contributed by atoms with Crippen molar-refractivity contribution in [3.05, 3.63) is 49.1 Å². The van der Waals surface area contributed by atoms with Gasteiger partial charge >= 0.3 is 0 Å². The molecule has 2 fully saturated rings. The van der Waals surface area contributed by atoms with Gasteiger partial charge in [0, 0.05) is 36.0 Å². The van der Waals surface area contributed by atoms with Crippen LogP contribution >= 0.6 is 0 Å². The summed E-state index contributed by atoms with van der Waals surface area (Å²) < 4.78 is 33.9. The molecule has 1 saturated carbocycles. The predicted molar refractivity (Wildman–Crippen MR) is 126 cm³/mol. The van der Waals surface area contributed by atoms with E-state index in [-0.39, 0.29) is 13.0 Å². The Morgan fingerprint density at radius 3 is 2.71 bits per heavy atom. The summed E-state index contributed by atoms with van der Waals surface area (Å²) in [4.78, 5) is 8.91. The molecule has 2 aliphatic rings. The number of alkyl halides is 2. The van der Waals surface area contributed by atoms with Crippen LogP contribution in [0.5, 0.6) is 5.75 Å². The number of methoxy groups -OCH3 is 1. The first kappa shape index (κ1) is 22.3. The number of hydrogen-bond acceptors (Lipinski definition) is 6. The van der Waals surface area contributed by atoms with Crippen molar-refractivity contribution in [3.8, 4) is 28.3 Å². The second-order valence-corrected chi connectivity index (χ2v) is 8.65. The van der Waals surface area contributed by atoms with E-state index in [1.165, 1.54) is 12.8 Å². The number of nitrogens with zero attached hydrogens (tertiary/aromatic N) is 5. The number of rotatable bonds is 4. The van der Waals surface area contributed by atoms with E-state index in [0.717, 1.165) is 40.5 Å². The van der Waals surface area contributed by atoms with E-state index in [9.17, 15) is 8.78 Å². The summed E-state index contributed by atoms with van der Waals surface area (Å²) in [7, 11) is 1.67. The second-order valence-electron chi connectivity index (χ2n) is 8.65. The molecule has 5 heterocycles. The van der Waals surface area contributed by atoms with Gasteiger partial charge in [0.2, 0.25) is 0 Å². The van der Waals surface area contributed by atoms with E-state index in [0.29, 0.717) is 18.3 Å². The summed E-state index contributed by atoms with van der Waals surface area (Å²) in [6, 6.07) is 8.06. The highest BCUT2D eigenvalue weighted by atomic mass is 19.3. The van der Waals surface area contributed by atoms with Gasteiger partial charge in [-0.2, -0.15) is 5.10 Å². The highest BCUT2D eigenvalue weighted by Gasteiger charge is 2.30. The zero-order chi connectivity index (χ0) is 23.7. The number of hydrogen-bond donors (Lipinski definition) is 2. The summed E-state index contributed by atoms with van der Waals surface area (Å²) in [5.74, 6) is -1.18. The quantitative estimate of drug-likeness (QED) is 0.467. The number of imidazole rings is 1. The fourth-order valence-electron chi connectivity index (χ4n) is 4.02. The summed E-state index contributed by atoms with van der Waals surface area (Å²) in [5, 5.41) is 7.12. The molecule has 0 unspecified atom stereocenters. The van der Waals surface area contributed by atoms with E-state index >= 15 is 0 Å². The smallest absolute Gasteiger partial charge is 0.260 e. The Hall–Kier alpha value is -3.53. The lowest BCUT2D eigenvalue weighted by molar-refractivity contribution is -0.0208. The molecule has 0 aromatic carbocycles. The predicted octanol–water partition coefficient (Wildman–Crippen LogP) is 4.19. The summed E-state index contributed by atoms with van der Waals surface area (Å²) in [6.45, 7) is 0.614. The van der Waals surface area contributed by atoms with Gasteiger partial charge in [-0.3, -0.25) is 9.08 Å². The molecule has 8 nitrogen and oxygen atoms in total. The Morgan fingerprint density at radius 2 is 2.06 bits per heavy atom. The van der Waals surface area contributed by atoms with Gasteiger partial charge in [0.05, 0.1) is 43.5 Å². The Morgan fingerprint density at radius 1 is 1.21 bits per heavy atom. The van der Waals surface area contributed by atoms with Gasteiger partial charge in [0.15, 0.2) is 0 Å². The maximum absolute atomic E-state index is 12.1. The van der Waals surface area contributed by atoms with E-state index < -0.39 is 5.92 Å². The van der Waals surface area contributed by atoms with Crippen molar-refractivity contribution in [2.75, 3.05) is 25.9 Å². The Labute approximate surface area is 195 Å². The minimum Gasteiger partial charge on any atom is -0.496 e. The second kappa shape index (κ2) is 9.02. The molecule has 0 spiro atoms. The van der Waals surface area contributed by atoms with E-state index in [1.54, 1.807) is 19.4 Å². The summed E-state index contributed by atoms with van der Waals surface area (Å²) >= 11 is 0. The molecule has 3 N–H and O–H groups in total. The van der Waals surface area contributed by atoms with E-state index in [1.807, 2.05) is 39.7 Å². The highest BCUT2D eigenvalue weighted by molar-refractivity contribution is 5.73. The lowest BCUT2D eigenvalue weighted by Crippen LogP contribution is -2.38. The molecule has 0 amide bonds. The third kappa shape index (κ3) is 4.72. The average Bonchev–Trinajstić information content (AvgIpc) is 3.41. The van der Waals surface area contributed by atoms with Crippen molar-refractivity contribution in [1.82, 2.24) is 29.5 Å². The first-order valence-electron chi connectivity index (χ1n) is 11.3. The van der Waals surface area contributed by atoms with E-state index in [4.69, 9.17) is 10.5 Å². The Kier molecular flexibility index (Phi) is 5.91. The number of anilines is 1. The summed E-state index contributed by atoms with van der Waals surface area (Å²) in [6.07, 6.45) is 10.8. The fraction of sp³-hybridized carbons (Fsp3) is 0.375. The third-order valence-corrected chi connectivity index (χ3v) is 5.98. The van der Waals surface area contributed by atoms with Gasteiger partial charge in [0.1, 0.15) is 17.2 Å². The maximum atomic E-state index is 12.1. The van der Waals surface area contributed by atoms with Crippen molar-refractivity contribution in [2.45, 2.75) is 37.6 Å². The van der Waals surface area contributed by atoms with Crippen molar-refractivity contribution >= 4 is 11.5 Å². The van der Waals surface area contributed by atoms with Crippen molar-refractivity contribution < 1.29 is 13.5 Å². The highest BCUT2D eigenvalue weighted by Crippen LogP contribution is 2.37. The lowest BCUT2D eigenvalue weighted by atomic mass is 10.1. The van der Waals surface area contributed by atoms with Gasteiger partial charge in [-0.1, -0.05) is 6.07 Å². The maximum Gasteiger partial charge on any atom is 0.260 e. The molecule has 1 aliphatic heterocycles. The summed E-state index contributed by atoms with van der Waals surface area (Å²) in [5.41, 5.74) is 10.3. The van der Waals surface area contributed by atoms with Crippen molar-refractivity contribution in [1.29, 1.82) is 0 Å². The number of nitrogens with one attached hydrogen (secondary N) is 1. The van der Waals surface area contributed by atoms with Crippen LogP contribution in [0.3, 0.4) is 0 Å². The van der Waals surface area contributed by atoms with E-state index in [2.05, 4.69) is 26.6 Å². The number of halogens is 2. The molecule has 4 aromatic heterocycles. The monoisotopic (exact) mass is 467 g/mol. The first-order valence-corrected chi connectivity index (χ1v) is 11.3. The van der Waals surface area contributed by atoms with Crippen molar-refractivity contribution in [2.24, 2.45) is 0 Å². The largest absolute Gasteiger partial charge is 0.496 e. The van der Waals surface area contributed by atoms with Crippen LogP contribution in [0.2, 0.25) is 0 Å². The van der Waals surface area contributed by atoms with Crippen LogP contribution in [0.25, 0.3) is 28.2 Å². The Bertz CT molecular complexity index is 1290. The van der Waals surface area contributed by atoms with Crippen molar-refractivity contribution in [3.63, 3.8) is 0 Å². The van der Waals surface area contributed by atoms with Gasteiger partial charge in [-0.05, 0) is 37.9 Å².